The Balaban J connectivity index is 1.32. The highest BCUT2D eigenvalue weighted by atomic mass is 16.1. The maximum Gasteiger partial charge on any atom is 0.220 e. The summed E-state index contributed by atoms with van der Waals surface area (Å²) in [6.45, 7) is 2.79. The van der Waals surface area contributed by atoms with Crippen molar-refractivity contribution in [1.82, 2.24) is 25.3 Å². The summed E-state index contributed by atoms with van der Waals surface area (Å²) in [5, 5.41) is 4.07. The van der Waals surface area contributed by atoms with Crippen molar-refractivity contribution in [2.75, 3.05) is 6.54 Å². The number of hydrogen-bond donors (Lipinski definition) is 2. The van der Waals surface area contributed by atoms with Crippen LogP contribution in [0.2, 0.25) is 0 Å². The van der Waals surface area contributed by atoms with Crippen LogP contribution < -0.4 is 5.32 Å². The van der Waals surface area contributed by atoms with Crippen molar-refractivity contribution in [3.05, 3.63) is 72.3 Å². The number of pyridine rings is 2. The molecule has 34 heavy (non-hydrogen) atoms. The predicted molar refractivity (Wildman–Crippen MR) is 134 cm³/mol. The van der Waals surface area contributed by atoms with Crippen LogP contribution in [0, 0.1) is 12.3 Å². The molecule has 1 atom stereocenters. The number of allylic oxidation sites excluding steroid dienone is 2. The van der Waals surface area contributed by atoms with Crippen LogP contribution in [-0.2, 0) is 4.79 Å². The average Bonchev–Trinajstić information content (AvgIpc) is 3.34. The minimum Gasteiger partial charge on any atom is -0.356 e. The van der Waals surface area contributed by atoms with Gasteiger partial charge in [-0.15, -0.1) is 0 Å². The lowest BCUT2D eigenvalue weighted by molar-refractivity contribution is -0.125. The van der Waals surface area contributed by atoms with E-state index in [1.165, 1.54) is 11.1 Å². The maximum atomic E-state index is 11.9. The van der Waals surface area contributed by atoms with E-state index in [9.17, 15) is 4.79 Å². The van der Waals surface area contributed by atoms with Gasteiger partial charge in [-0.2, -0.15) is 0 Å². The molecular formula is C28H27N5O. The molecule has 0 bridgehead atoms. The molecular weight excluding hydrogens is 422 g/mol. The molecule has 1 aliphatic carbocycles. The minimum absolute atomic E-state index is 0.142. The van der Waals surface area contributed by atoms with Crippen molar-refractivity contribution in [3.63, 3.8) is 0 Å². The van der Waals surface area contributed by atoms with Crippen LogP contribution in [0.25, 0.3) is 39.1 Å². The number of fused-ring (bicyclic) bond motifs is 1. The molecule has 2 aliphatic rings. The molecule has 0 saturated carbocycles. The van der Waals surface area contributed by atoms with Gasteiger partial charge in [0.1, 0.15) is 0 Å². The zero-order valence-electron chi connectivity index (χ0n) is 19.3. The quantitative estimate of drug-likeness (QED) is 0.435. The summed E-state index contributed by atoms with van der Waals surface area (Å²) in [4.78, 5) is 29.2. The number of imidazole rings is 1. The molecule has 1 amide bonds. The second-order valence-electron chi connectivity index (χ2n) is 9.63. The standard InChI is InChI=1S/C28H27N5O/c1-18-3-2-4-24(33-18)27-26(31-17-32-27)20-5-6-23-21(13-20)14-22(16-30-23)19-7-9-28(10-8-19)11-12-29-25(34)15-28/h2-7,13-14,16-17H,8-12,15H2,1H3,(H,29,34)(H,31,32). The van der Waals surface area contributed by atoms with Crippen molar-refractivity contribution >= 4 is 22.4 Å². The monoisotopic (exact) mass is 449 g/mol. The number of hydrogen-bond acceptors (Lipinski definition) is 4. The van der Waals surface area contributed by atoms with Gasteiger partial charge in [-0.1, -0.05) is 18.2 Å². The summed E-state index contributed by atoms with van der Waals surface area (Å²) in [5.74, 6) is 0.196. The summed E-state index contributed by atoms with van der Waals surface area (Å²) in [5.41, 5.74) is 8.32. The van der Waals surface area contributed by atoms with Gasteiger partial charge in [0.05, 0.1) is 28.9 Å². The topological polar surface area (TPSA) is 83.6 Å². The van der Waals surface area contributed by atoms with Gasteiger partial charge in [-0.25, -0.2) is 4.98 Å². The first-order valence-corrected chi connectivity index (χ1v) is 11.9. The molecule has 6 nitrogen and oxygen atoms in total. The number of benzene rings is 1. The number of rotatable bonds is 3. The van der Waals surface area contributed by atoms with E-state index in [2.05, 4.69) is 50.6 Å². The number of nitrogens with zero attached hydrogens (tertiary/aromatic N) is 3. The summed E-state index contributed by atoms with van der Waals surface area (Å²) in [6.07, 6.45) is 10.8. The number of piperidine rings is 1. The van der Waals surface area contributed by atoms with Gasteiger partial charge < -0.3 is 10.3 Å². The van der Waals surface area contributed by atoms with Crippen LogP contribution in [0.3, 0.4) is 0 Å². The lowest BCUT2D eigenvalue weighted by Gasteiger charge is -2.39. The molecule has 1 aliphatic heterocycles. The number of carbonyl (C=O) groups is 1. The lowest BCUT2D eigenvalue weighted by atomic mass is 9.68. The normalized spacial score (nSPS) is 20.4. The van der Waals surface area contributed by atoms with Gasteiger partial charge in [0.25, 0.3) is 0 Å². The van der Waals surface area contributed by atoms with Gasteiger partial charge in [-0.05, 0) is 79.5 Å². The predicted octanol–water partition coefficient (Wildman–Crippen LogP) is 5.46. The minimum atomic E-state index is 0.142. The van der Waals surface area contributed by atoms with E-state index in [-0.39, 0.29) is 11.3 Å². The third-order valence-corrected chi connectivity index (χ3v) is 7.33. The summed E-state index contributed by atoms with van der Waals surface area (Å²) < 4.78 is 0. The molecule has 1 spiro atoms. The van der Waals surface area contributed by atoms with E-state index >= 15 is 0 Å². The molecule has 6 rings (SSSR count). The SMILES string of the molecule is Cc1cccc(-c2[nH]cnc2-c2ccc3ncc(C4=CCC5(CCNC(=O)C5)CC4)cc3c2)n1. The van der Waals surface area contributed by atoms with Crippen molar-refractivity contribution in [2.24, 2.45) is 5.41 Å². The number of H-pyrrole nitrogens is 1. The fourth-order valence-corrected chi connectivity index (χ4v) is 5.40. The van der Waals surface area contributed by atoms with Crippen LogP contribution in [0.4, 0.5) is 0 Å². The van der Waals surface area contributed by atoms with Crippen LogP contribution in [0.15, 0.2) is 61.1 Å². The molecule has 1 aromatic carbocycles. The second-order valence-corrected chi connectivity index (χ2v) is 9.63. The first-order chi connectivity index (χ1) is 16.6. The largest absolute Gasteiger partial charge is 0.356 e. The Morgan fingerprint density at radius 3 is 2.76 bits per heavy atom. The van der Waals surface area contributed by atoms with E-state index < -0.39 is 0 Å². The summed E-state index contributed by atoms with van der Waals surface area (Å²) in [7, 11) is 0. The number of nitrogens with one attached hydrogen (secondary N) is 2. The summed E-state index contributed by atoms with van der Waals surface area (Å²) in [6, 6.07) is 14.5. The Bertz CT molecular complexity index is 1440. The fraction of sp³-hybridized carbons (Fsp3) is 0.286. The van der Waals surface area contributed by atoms with Crippen molar-refractivity contribution < 1.29 is 4.79 Å². The third kappa shape index (κ3) is 3.79. The fourth-order valence-electron chi connectivity index (χ4n) is 5.40. The summed E-state index contributed by atoms with van der Waals surface area (Å²) >= 11 is 0. The van der Waals surface area contributed by atoms with Gasteiger partial charge in [-0.3, -0.25) is 14.8 Å². The number of aromatic nitrogens is 4. The van der Waals surface area contributed by atoms with Gasteiger partial charge in [0.2, 0.25) is 5.91 Å². The second kappa shape index (κ2) is 8.20. The van der Waals surface area contributed by atoms with E-state index in [0.29, 0.717) is 6.42 Å². The van der Waals surface area contributed by atoms with Gasteiger partial charge in [0.15, 0.2) is 0 Å². The molecule has 1 fully saturated rings. The molecule has 2 N–H and O–H groups in total. The number of aromatic amines is 1. The Morgan fingerprint density at radius 2 is 1.94 bits per heavy atom. The van der Waals surface area contributed by atoms with Crippen molar-refractivity contribution in [3.8, 4) is 22.6 Å². The smallest absolute Gasteiger partial charge is 0.220 e. The lowest BCUT2D eigenvalue weighted by Crippen LogP contribution is -2.41. The molecule has 1 unspecified atom stereocenters. The highest BCUT2D eigenvalue weighted by molar-refractivity contribution is 5.89. The third-order valence-electron chi connectivity index (χ3n) is 7.33. The number of amides is 1. The van der Waals surface area contributed by atoms with E-state index in [0.717, 1.165) is 71.5 Å². The first-order valence-electron chi connectivity index (χ1n) is 11.9. The van der Waals surface area contributed by atoms with Crippen LogP contribution in [0.5, 0.6) is 0 Å². The van der Waals surface area contributed by atoms with Crippen molar-refractivity contribution in [2.45, 2.75) is 39.0 Å². The Labute approximate surface area is 198 Å². The highest BCUT2D eigenvalue weighted by Crippen LogP contribution is 2.45. The van der Waals surface area contributed by atoms with Crippen LogP contribution in [0.1, 0.15) is 43.4 Å². The molecule has 1 saturated heterocycles. The van der Waals surface area contributed by atoms with Gasteiger partial charge >= 0.3 is 0 Å². The number of aryl methyl sites for hydroxylation is 1. The molecule has 0 radical (unpaired) electrons. The van der Waals surface area contributed by atoms with E-state index in [4.69, 9.17) is 4.98 Å². The van der Waals surface area contributed by atoms with Crippen LogP contribution in [-0.4, -0.2) is 32.4 Å². The Morgan fingerprint density at radius 1 is 1.03 bits per heavy atom. The average molecular weight is 450 g/mol. The Kier molecular flexibility index (Phi) is 5.01. The highest BCUT2D eigenvalue weighted by Gasteiger charge is 2.36. The zero-order chi connectivity index (χ0) is 23.1. The molecule has 3 aromatic heterocycles. The van der Waals surface area contributed by atoms with Crippen molar-refractivity contribution in [1.29, 1.82) is 0 Å². The van der Waals surface area contributed by atoms with Crippen LogP contribution >= 0.6 is 0 Å². The van der Waals surface area contributed by atoms with Gasteiger partial charge in [0, 0.05) is 35.8 Å². The molecule has 6 heteroatoms. The van der Waals surface area contributed by atoms with E-state index in [1.54, 1.807) is 6.33 Å². The molecule has 4 heterocycles. The number of carbonyl (C=O) groups excluding carboxylic acids is 1. The zero-order valence-corrected chi connectivity index (χ0v) is 19.3. The first kappa shape index (κ1) is 20.8. The molecule has 4 aromatic rings. The Hall–Kier alpha value is -3.80. The maximum absolute atomic E-state index is 11.9. The molecule has 170 valence electrons. The van der Waals surface area contributed by atoms with E-state index in [1.807, 2.05) is 31.3 Å².